The Hall–Kier alpha value is -2.12. The Balaban J connectivity index is 0.00000288. The number of hydrogen-bond donors (Lipinski definition) is 2. The van der Waals surface area contributed by atoms with Crippen LogP contribution in [-0.4, -0.2) is 42.8 Å². The van der Waals surface area contributed by atoms with Crippen molar-refractivity contribution in [3.05, 3.63) is 30.2 Å². The minimum absolute atomic E-state index is 0. The third-order valence-corrected chi connectivity index (χ3v) is 3.15. The number of halogens is 1. The van der Waals surface area contributed by atoms with Crippen molar-refractivity contribution >= 4 is 18.3 Å². The Bertz CT molecular complexity index is 616. The molecule has 0 aliphatic carbocycles. The summed E-state index contributed by atoms with van der Waals surface area (Å²) < 4.78 is 10.6. The topological polar surface area (TPSA) is 89.3 Å². The van der Waals surface area contributed by atoms with Crippen LogP contribution in [0.3, 0.4) is 0 Å². The zero-order chi connectivity index (χ0) is 16.5. The number of amides is 1. The van der Waals surface area contributed by atoms with Crippen molar-refractivity contribution in [1.82, 2.24) is 20.8 Å². The molecule has 1 heterocycles. The van der Waals surface area contributed by atoms with Crippen molar-refractivity contribution in [2.24, 2.45) is 0 Å². The Labute approximate surface area is 147 Å². The first-order valence-electron chi connectivity index (χ1n) is 7.70. The summed E-state index contributed by atoms with van der Waals surface area (Å²) >= 11 is 0. The molecule has 0 saturated carbocycles. The molecule has 0 radical (unpaired) electrons. The number of rotatable bonds is 9. The van der Waals surface area contributed by atoms with E-state index in [1.807, 2.05) is 38.2 Å². The molecule has 0 fully saturated rings. The van der Waals surface area contributed by atoms with Gasteiger partial charge in [0.05, 0.1) is 6.61 Å². The van der Waals surface area contributed by atoms with Crippen LogP contribution in [0.25, 0.3) is 11.4 Å². The average Bonchev–Trinajstić information content (AvgIpc) is 3.03. The van der Waals surface area contributed by atoms with Gasteiger partial charge in [0.15, 0.2) is 0 Å². The van der Waals surface area contributed by atoms with Crippen LogP contribution < -0.4 is 15.4 Å². The van der Waals surface area contributed by atoms with E-state index in [2.05, 4.69) is 20.8 Å². The minimum atomic E-state index is -0.0268. The molecule has 8 heteroatoms. The van der Waals surface area contributed by atoms with Crippen LogP contribution in [0.1, 0.15) is 19.2 Å². The fraction of sp³-hybridized carbons (Fsp3) is 0.438. The van der Waals surface area contributed by atoms with Gasteiger partial charge in [0.1, 0.15) is 5.75 Å². The first-order valence-corrected chi connectivity index (χ1v) is 7.70. The molecule has 2 aromatic rings. The van der Waals surface area contributed by atoms with Gasteiger partial charge in [0.25, 0.3) is 0 Å². The number of carbonyl (C=O) groups is 1. The standard InChI is InChI=1S/C16H22N4O3.ClH/c1-3-22-13-6-4-12(5-7-13)16-19-15(23-20-16)9-8-14(21)18-11-10-17-2;/h4-7,17H,3,8-11H2,1-2H3,(H,18,21);1H. The van der Waals surface area contributed by atoms with Gasteiger partial charge in [-0.2, -0.15) is 4.98 Å². The molecule has 7 nitrogen and oxygen atoms in total. The maximum Gasteiger partial charge on any atom is 0.227 e. The largest absolute Gasteiger partial charge is 0.494 e. The second-order valence-electron chi connectivity index (χ2n) is 4.92. The minimum Gasteiger partial charge on any atom is -0.494 e. The monoisotopic (exact) mass is 354 g/mol. The van der Waals surface area contributed by atoms with E-state index in [9.17, 15) is 4.79 Å². The summed E-state index contributed by atoms with van der Waals surface area (Å²) in [5.74, 6) is 1.75. The van der Waals surface area contributed by atoms with Crippen molar-refractivity contribution in [3.8, 4) is 17.1 Å². The quantitative estimate of drug-likeness (QED) is 0.668. The fourth-order valence-electron chi connectivity index (χ4n) is 1.98. The number of ether oxygens (including phenoxy) is 1. The van der Waals surface area contributed by atoms with E-state index < -0.39 is 0 Å². The Morgan fingerprint density at radius 2 is 2.00 bits per heavy atom. The molecule has 2 N–H and O–H groups in total. The van der Waals surface area contributed by atoms with Crippen LogP contribution in [0, 0.1) is 0 Å². The number of likely N-dealkylation sites (N-methyl/N-ethyl adjacent to an activating group) is 1. The van der Waals surface area contributed by atoms with E-state index in [1.165, 1.54) is 0 Å². The highest BCUT2D eigenvalue weighted by atomic mass is 35.5. The lowest BCUT2D eigenvalue weighted by atomic mass is 10.2. The van der Waals surface area contributed by atoms with Crippen molar-refractivity contribution in [2.45, 2.75) is 19.8 Å². The summed E-state index contributed by atoms with van der Waals surface area (Å²) in [6, 6.07) is 7.49. The molecule has 132 valence electrons. The zero-order valence-corrected chi connectivity index (χ0v) is 14.7. The smallest absolute Gasteiger partial charge is 0.227 e. The summed E-state index contributed by atoms with van der Waals surface area (Å²) in [5, 5.41) is 9.72. The normalized spacial score (nSPS) is 10.1. The van der Waals surface area contributed by atoms with Crippen LogP contribution in [0.5, 0.6) is 5.75 Å². The van der Waals surface area contributed by atoms with Crippen molar-refractivity contribution < 1.29 is 14.1 Å². The maximum absolute atomic E-state index is 11.6. The van der Waals surface area contributed by atoms with Gasteiger partial charge in [0.2, 0.25) is 17.6 Å². The summed E-state index contributed by atoms with van der Waals surface area (Å²) in [6.45, 7) is 3.92. The highest BCUT2D eigenvalue weighted by molar-refractivity contribution is 5.85. The lowest BCUT2D eigenvalue weighted by molar-refractivity contribution is -0.121. The molecule has 0 bridgehead atoms. The highest BCUT2D eigenvalue weighted by Gasteiger charge is 2.10. The molecule has 0 saturated heterocycles. The predicted octanol–water partition coefficient (Wildman–Crippen LogP) is 1.83. The van der Waals surface area contributed by atoms with E-state index >= 15 is 0 Å². The Morgan fingerprint density at radius 1 is 1.25 bits per heavy atom. The predicted molar refractivity (Wildman–Crippen MR) is 93.4 cm³/mol. The van der Waals surface area contributed by atoms with Gasteiger partial charge < -0.3 is 19.9 Å². The first-order chi connectivity index (χ1) is 11.2. The number of nitrogens with zero attached hydrogens (tertiary/aromatic N) is 2. The third-order valence-electron chi connectivity index (χ3n) is 3.15. The Kier molecular flexibility index (Phi) is 8.81. The molecule has 24 heavy (non-hydrogen) atoms. The number of aryl methyl sites for hydroxylation is 1. The molecule has 0 unspecified atom stereocenters. The maximum atomic E-state index is 11.6. The van der Waals surface area contributed by atoms with Gasteiger partial charge in [0, 0.05) is 31.5 Å². The van der Waals surface area contributed by atoms with Crippen LogP contribution >= 0.6 is 12.4 Å². The molecular formula is C16H23ClN4O3. The van der Waals surface area contributed by atoms with Crippen LogP contribution in [0.2, 0.25) is 0 Å². The van der Waals surface area contributed by atoms with Crippen LogP contribution in [0.15, 0.2) is 28.8 Å². The summed E-state index contributed by atoms with van der Waals surface area (Å²) in [7, 11) is 1.84. The van der Waals surface area contributed by atoms with Gasteiger partial charge in [-0.3, -0.25) is 4.79 Å². The van der Waals surface area contributed by atoms with Gasteiger partial charge in [-0.15, -0.1) is 12.4 Å². The lowest BCUT2D eigenvalue weighted by Gasteiger charge is -2.02. The second-order valence-corrected chi connectivity index (χ2v) is 4.92. The van der Waals surface area contributed by atoms with Crippen molar-refractivity contribution in [3.63, 3.8) is 0 Å². The number of nitrogens with one attached hydrogen (secondary N) is 2. The average molecular weight is 355 g/mol. The van der Waals surface area contributed by atoms with Gasteiger partial charge in [-0.1, -0.05) is 5.16 Å². The second kappa shape index (κ2) is 10.6. The van der Waals surface area contributed by atoms with E-state index in [0.29, 0.717) is 37.7 Å². The summed E-state index contributed by atoms with van der Waals surface area (Å²) in [6.07, 6.45) is 0.754. The van der Waals surface area contributed by atoms with Gasteiger partial charge >= 0.3 is 0 Å². The molecule has 1 aromatic carbocycles. The molecule has 0 aliphatic rings. The van der Waals surface area contributed by atoms with Crippen molar-refractivity contribution in [1.29, 1.82) is 0 Å². The SMILES string of the molecule is CCOc1ccc(-c2noc(CCC(=O)NCCNC)n2)cc1.Cl. The van der Waals surface area contributed by atoms with Crippen LogP contribution in [-0.2, 0) is 11.2 Å². The molecule has 0 spiro atoms. The van der Waals surface area contributed by atoms with Crippen LogP contribution in [0.4, 0.5) is 0 Å². The molecule has 2 rings (SSSR count). The zero-order valence-electron chi connectivity index (χ0n) is 13.9. The lowest BCUT2D eigenvalue weighted by Crippen LogP contribution is -2.30. The summed E-state index contributed by atoms with van der Waals surface area (Å²) in [4.78, 5) is 15.9. The van der Waals surface area contributed by atoms with E-state index in [0.717, 1.165) is 17.9 Å². The molecular weight excluding hydrogens is 332 g/mol. The number of carbonyl (C=O) groups excluding carboxylic acids is 1. The summed E-state index contributed by atoms with van der Waals surface area (Å²) in [5.41, 5.74) is 0.849. The van der Waals surface area contributed by atoms with Gasteiger partial charge in [-0.25, -0.2) is 0 Å². The van der Waals surface area contributed by atoms with E-state index in [-0.39, 0.29) is 18.3 Å². The number of benzene rings is 1. The number of aromatic nitrogens is 2. The molecule has 0 aliphatic heterocycles. The first kappa shape index (κ1) is 19.9. The third kappa shape index (κ3) is 6.17. The number of hydrogen-bond acceptors (Lipinski definition) is 6. The van der Waals surface area contributed by atoms with Gasteiger partial charge in [-0.05, 0) is 38.2 Å². The van der Waals surface area contributed by atoms with E-state index in [4.69, 9.17) is 9.26 Å². The van der Waals surface area contributed by atoms with E-state index in [1.54, 1.807) is 0 Å². The highest BCUT2D eigenvalue weighted by Crippen LogP contribution is 2.20. The Morgan fingerprint density at radius 3 is 2.67 bits per heavy atom. The van der Waals surface area contributed by atoms with Crippen molar-refractivity contribution in [2.75, 3.05) is 26.7 Å². The molecule has 0 atom stereocenters. The molecule has 1 aromatic heterocycles. The fourth-order valence-corrected chi connectivity index (χ4v) is 1.98. The molecule has 1 amide bonds.